The van der Waals surface area contributed by atoms with E-state index in [0.717, 1.165) is 15.4 Å². The lowest BCUT2D eigenvalue weighted by atomic mass is 10.0. The second-order valence-corrected chi connectivity index (χ2v) is 13.3. The number of amides is 2. The van der Waals surface area contributed by atoms with E-state index in [4.69, 9.17) is 4.74 Å². The van der Waals surface area contributed by atoms with Crippen LogP contribution in [-0.4, -0.2) is 50.4 Å². The highest BCUT2D eigenvalue weighted by Gasteiger charge is 2.35. The Morgan fingerprint density at radius 1 is 0.851 bits per heavy atom. The average Bonchev–Trinajstić information content (AvgIpc) is 3.07. The van der Waals surface area contributed by atoms with Gasteiger partial charge in [-0.3, -0.25) is 13.9 Å². The summed E-state index contributed by atoms with van der Waals surface area (Å²) in [5, 5.41) is 3.01. The van der Waals surface area contributed by atoms with Crippen LogP contribution in [0.25, 0.3) is 0 Å². The molecule has 0 spiro atoms. The summed E-state index contributed by atoms with van der Waals surface area (Å²) in [6, 6.07) is 26.8. The molecule has 4 aromatic carbocycles. The third-order valence-corrected chi connectivity index (χ3v) is 9.63. The first kappa shape index (κ1) is 35.2. The number of nitrogens with zero attached hydrogens (tertiary/aromatic N) is 2. The third-order valence-electron chi connectivity index (χ3n) is 7.86. The van der Waals surface area contributed by atoms with Crippen LogP contribution in [-0.2, 0) is 32.6 Å². The van der Waals surface area contributed by atoms with Crippen LogP contribution in [0.2, 0.25) is 0 Å². The van der Waals surface area contributed by atoms with Crippen LogP contribution >= 0.6 is 0 Å². The SMILES string of the molecule is CCOc1ccccc1N(CC(=O)N(Cc1ccc(F)cc1)[C@H](Cc1ccccc1)C(=O)N[C@@H](C)CC)S(=O)(=O)c1ccc(C)cc1. The first-order chi connectivity index (χ1) is 22.5. The van der Waals surface area contributed by atoms with Crippen LogP contribution in [0.4, 0.5) is 10.1 Å². The van der Waals surface area contributed by atoms with E-state index in [-0.39, 0.29) is 42.1 Å². The number of anilines is 1. The van der Waals surface area contributed by atoms with Crippen LogP contribution in [0, 0.1) is 12.7 Å². The number of nitrogens with one attached hydrogen (secondary N) is 1. The summed E-state index contributed by atoms with van der Waals surface area (Å²) in [6.45, 7) is 7.06. The molecular formula is C37H42FN3O5S. The Morgan fingerprint density at radius 3 is 2.13 bits per heavy atom. The zero-order chi connectivity index (χ0) is 34.0. The van der Waals surface area contributed by atoms with Crippen molar-refractivity contribution >= 4 is 27.5 Å². The fourth-order valence-electron chi connectivity index (χ4n) is 5.07. The van der Waals surface area contributed by atoms with E-state index in [0.29, 0.717) is 17.7 Å². The molecule has 0 radical (unpaired) electrons. The zero-order valence-corrected chi connectivity index (χ0v) is 28.0. The number of rotatable bonds is 15. The number of hydrogen-bond acceptors (Lipinski definition) is 5. The van der Waals surface area contributed by atoms with Gasteiger partial charge in [0.1, 0.15) is 24.2 Å². The molecule has 0 fully saturated rings. The number of sulfonamides is 1. The van der Waals surface area contributed by atoms with Crippen molar-refractivity contribution in [3.8, 4) is 5.75 Å². The summed E-state index contributed by atoms with van der Waals surface area (Å²) in [4.78, 5) is 29.9. The molecule has 1 N–H and O–H groups in total. The fourth-order valence-corrected chi connectivity index (χ4v) is 6.50. The van der Waals surface area contributed by atoms with Gasteiger partial charge in [-0.05, 0) is 74.7 Å². The number of ether oxygens (including phenoxy) is 1. The second kappa shape index (κ2) is 16.2. The lowest BCUT2D eigenvalue weighted by molar-refractivity contribution is -0.140. The van der Waals surface area contributed by atoms with Crippen LogP contribution in [0.1, 0.15) is 43.9 Å². The number of carbonyl (C=O) groups excluding carboxylic acids is 2. The van der Waals surface area contributed by atoms with E-state index in [1.54, 1.807) is 55.5 Å². The molecule has 0 heterocycles. The van der Waals surface area contributed by atoms with Gasteiger partial charge in [-0.15, -0.1) is 0 Å². The van der Waals surface area contributed by atoms with Gasteiger partial charge in [0.25, 0.3) is 10.0 Å². The molecule has 2 amide bonds. The van der Waals surface area contributed by atoms with Crippen molar-refractivity contribution < 1.29 is 27.1 Å². The molecule has 0 saturated carbocycles. The van der Waals surface area contributed by atoms with E-state index in [1.165, 1.54) is 29.2 Å². The van der Waals surface area contributed by atoms with Crippen LogP contribution < -0.4 is 14.4 Å². The number of halogens is 1. The number of aryl methyl sites for hydroxylation is 1. The quantitative estimate of drug-likeness (QED) is 0.162. The summed E-state index contributed by atoms with van der Waals surface area (Å²) in [5.41, 5.74) is 2.47. The summed E-state index contributed by atoms with van der Waals surface area (Å²) < 4.78 is 49.4. The van der Waals surface area contributed by atoms with Gasteiger partial charge in [0.15, 0.2) is 0 Å². The molecule has 0 saturated heterocycles. The Morgan fingerprint density at radius 2 is 1.49 bits per heavy atom. The van der Waals surface area contributed by atoms with Gasteiger partial charge in [0.05, 0.1) is 17.2 Å². The van der Waals surface area contributed by atoms with Gasteiger partial charge in [-0.2, -0.15) is 0 Å². The molecule has 248 valence electrons. The Hall–Kier alpha value is -4.70. The molecule has 2 atom stereocenters. The monoisotopic (exact) mass is 659 g/mol. The van der Waals surface area contributed by atoms with Crippen molar-refractivity contribution in [2.45, 2.75) is 64.1 Å². The van der Waals surface area contributed by atoms with Gasteiger partial charge in [0.2, 0.25) is 11.8 Å². The molecule has 0 bridgehead atoms. The van der Waals surface area contributed by atoms with Gasteiger partial charge >= 0.3 is 0 Å². The molecule has 0 aliphatic heterocycles. The molecular weight excluding hydrogens is 617 g/mol. The first-order valence-corrected chi connectivity index (χ1v) is 17.2. The van der Waals surface area contributed by atoms with Crippen molar-refractivity contribution in [3.63, 3.8) is 0 Å². The Kier molecular flexibility index (Phi) is 12.1. The van der Waals surface area contributed by atoms with E-state index in [1.807, 2.05) is 51.1 Å². The topological polar surface area (TPSA) is 96.0 Å². The molecule has 10 heteroatoms. The predicted octanol–water partition coefficient (Wildman–Crippen LogP) is 6.28. The predicted molar refractivity (Wildman–Crippen MR) is 182 cm³/mol. The summed E-state index contributed by atoms with van der Waals surface area (Å²) in [7, 11) is -4.29. The van der Waals surface area contributed by atoms with Crippen molar-refractivity contribution in [1.29, 1.82) is 0 Å². The number of para-hydroxylation sites is 2. The maximum absolute atomic E-state index is 14.6. The summed E-state index contributed by atoms with van der Waals surface area (Å²) in [5.74, 6) is -1.14. The Balaban J connectivity index is 1.84. The third kappa shape index (κ3) is 9.19. The smallest absolute Gasteiger partial charge is 0.264 e. The molecule has 47 heavy (non-hydrogen) atoms. The van der Waals surface area contributed by atoms with Crippen LogP contribution in [0.15, 0.2) is 108 Å². The molecule has 0 aliphatic rings. The lowest BCUT2D eigenvalue weighted by Crippen LogP contribution is -2.54. The Bertz CT molecular complexity index is 1730. The van der Waals surface area contributed by atoms with Crippen LogP contribution in [0.3, 0.4) is 0 Å². The minimum atomic E-state index is -4.29. The maximum Gasteiger partial charge on any atom is 0.264 e. The minimum Gasteiger partial charge on any atom is -0.492 e. The van der Waals surface area contributed by atoms with Gasteiger partial charge in [-0.25, -0.2) is 12.8 Å². The first-order valence-electron chi connectivity index (χ1n) is 15.7. The maximum atomic E-state index is 14.6. The van der Waals surface area contributed by atoms with Crippen molar-refractivity contribution in [1.82, 2.24) is 10.2 Å². The summed E-state index contributed by atoms with van der Waals surface area (Å²) >= 11 is 0. The molecule has 8 nitrogen and oxygen atoms in total. The Labute approximate surface area is 277 Å². The molecule has 0 aromatic heterocycles. The normalized spacial score (nSPS) is 12.5. The number of benzene rings is 4. The standard InChI is InChI=1S/C37H42FN3O5S/c1-5-28(4)39-37(43)34(24-29-12-8-7-9-13-29)40(25-30-18-20-31(38)21-19-30)36(42)26-41(33-14-10-11-15-35(33)46-6-2)47(44,45)32-22-16-27(3)17-23-32/h7-23,28,34H,5-6,24-26H2,1-4H3,(H,39,43)/t28-,34+/m0/s1. The van der Waals surface area contributed by atoms with E-state index in [9.17, 15) is 22.4 Å². The highest BCUT2D eigenvalue weighted by atomic mass is 32.2. The fraction of sp³-hybridized carbons (Fsp3) is 0.297. The molecule has 0 aliphatic carbocycles. The number of carbonyl (C=O) groups is 2. The average molecular weight is 660 g/mol. The lowest BCUT2D eigenvalue weighted by Gasteiger charge is -2.34. The second-order valence-electron chi connectivity index (χ2n) is 11.4. The highest BCUT2D eigenvalue weighted by Crippen LogP contribution is 2.33. The van der Waals surface area contributed by atoms with E-state index < -0.39 is 34.3 Å². The largest absolute Gasteiger partial charge is 0.492 e. The van der Waals surface area contributed by atoms with Crippen molar-refractivity contribution in [2.75, 3.05) is 17.5 Å². The number of hydrogen-bond donors (Lipinski definition) is 1. The van der Waals surface area contributed by atoms with E-state index >= 15 is 0 Å². The van der Waals surface area contributed by atoms with Gasteiger partial charge in [-0.1, -0.05) is 79.2 Å². The summed E-state index contributed by atoms with van der Waals surface area (Å²) in [6.07, 6.45) is 0.850. The minimum absolute atomic E-state index is 0.00244. The van der Waals surface area contributed by atoms with Crippen LogP contribution in [0.5, 0.6) is 5.75 Å². The van der Waals surface area contributed by atoms with Crippen molar-refractivity contribution in [2.24, 2.45) is 0 Å². The zero-order valence-electron chi connectivity index (χ0n) is 27.2. The molecule has 0 unspecified atom stereocenters. The highest BCUT2D eigenvalue weighted by molar-refractivity contribution is 7.92. The molecule has 4 rings (SSSR count). The van der Waals surface area contributed by atoms with E-state index in [2.05, 4.69) is 5.32 Å². The van der Waals surface area contributed by atoms with Crippen molar-refractivity contribution in [3.05, 3.63) is 126 Å². The van der Waals surface area contributed by atoms with Gasteiger partial charge < -0.3 is 15.0 Å². The van der Waals surface area contributed by atoms with Gasteiger partial charge in [0, 0.05) is 19.0 Å². The molecule has 4 aromatic rings.